The van der Waals surface area contributed by atoms with E-state index in [1.54, 1.807) is 30.3 Å². The summed E-state index contributed by atoms with van der Waals surface area (Å²) < 4.78 is 30.6. The summed E-state index contributed by atoms with van der Waals surface area (Å²) in [6.07, 6.45) is 1.06. The van der Waals surface area contributed by atoms with Gasteiger partial charge in [0.25, 0.3) is 0 Å². The predicted molar refractivity (Wildman–Crippen MR) is 109 cm³/mol. The first kappa shape index (κ1) is 21.4. The molecule has 0 heterocycles. The van der Waals surface area contributed by atoms with Gasteiger partial charge in [-0.2, -0.15) is 0 Å². The second kappa shape index (κ2) is 8.43. The second-order valence-corrected chi connectivity index (χ2v) is 8.50. The minimum absolute atomic E-state index is 0.280. The quantitative estimate of drug-likeness (QED) is 0.748. The van der Waals surface area contributed by atoms with E-state index in [0.717, 1.165) is 21.7 Å². The molecule has 150 valence electrons. The van der Waals surface area contributed by atoms with E-state index < -0.39 is 27.9 Å². The molecule has 0 spiro atoms. The van der Waals surface area contributed by atoms with Gasteiger partial charge < -0.3 is 10.1 Å². The van der Waals surface area contributed by atoms with Crippen LogP contribution >= 0.6 is 0 Å². The number of anilines is 2. The molecular weight excluding hydrogens is 380 g/mol. The van der Waals surface area contributed by atoms with Crippen LogP contribution in [0.1, 0.15) is 28.4 Å². The lowest BCUT2D eigenvalue weighted by atomic mass is 10.1. The summed E-state index contributed by atoms with van der Waals surface area (Å²) in [6, 6.07) is 10.6. The number of sulfonamides is 1. The maximum Gasteiger partial charge on any atom is 0.337 e. The molecule has 1 N–H and O–H groups in total. The summed E-state index contributed by atoms with van der Waals surface area (Å²) in [6.45, 7) is 5.23. The third-order valence-electron chi connectivity index (χ3n) is 4.10. The fourth-order valence-electron chi connectivity index (χ4n) is 2.98. The van der Waals surface area contributed by atoms with Gasteiger partial charge in [-0.15, -0.1) is 0 Å². The van der Waals surface area contributed by atoms with Crippen LogP contribution in [0.2, 0.25) is 0 Å². The first-order valence-electron chi connectivity index (χ1n) is 8.60. The first-order chi connectivity index (χ1) is 13.0. The number of esters is 1. The first-order valence-corrected chi connectivity index (χ1v) is 10.4. The average Bonchev–Trinajstić information content (AvgIpc) is 2.59. The number of amides is 1. The Morgan fingerprint density at radius 1 is 1.07 bits per heavy atom. The molecule has 8 heteroatoms. The monoisotopic (exact) mass is 404 g/mol. The van der Waals surface area contributed by atoms with Crippen molar-refractivity contribution in [3.05, 3.63) is 59.2 Å². The van der Waals surface area contributed by atoms with E-state index in [0.29, 0.717) is 11.4 Å². The van der Waals surface area contributed by atoms with E-state index in [2.05, 4.69) is 10.1 Å². The minimum atomic E-state index is -3.72. The van der Waals surface area contributed by atoms with Crippen LogP contribution in [0.4, 0.5) is 11.4 Å². The van der Waals surface area contributed by atoms with Crippen molar-refractivity contribution in [1.29, 1.82) is 0 Å². The van der Waals surface area contributed by atoms with E-state index in [9.17, 15) is 18.0 Å². The summed E-state index contributed by atoms with van der Waals surface area (Å²) in [5, 5.41) is 2.66. The van der Waals surface area contributed by atoms with Gasteiger partial charge in [0.1, 0.15) is 6.04 Å². The summed E-state index contributed by atoms with van der Waals surface area (Å²) in [5.74, 6) is -1.05. The van der Waals surface area contributed by atoms with Crippen molar-refractivity contribution in [1.82, 2.24) is 0 Å². The Balaban J connectivity index is 2.33. The number of rotatable bonds is 6. The zero-order valence-electron chi connectivity index (χ0n) is 16.5. The molecule has 0 bridgehead atoms. The highest BCUT2D eigenvalue weighted by Crippen LogP contribution is 2.24. The van der Waals surface area contributed by atoms with Crippen LogP contribution in [0, 0.1) is 13.8 Å². The molecule has 2 aromatic rings. The maximum absolute atomic E-state index is 12.8. The highest BCUT2D eigenvalue weighted by atomic mass is 32.2. The number of ether oxygens (including phenoxy) is 1. The third-order valence-corrected chi connectivity index (χ3v) is 5.34. The number of nitrogens with zero attached hydrogens (tertiary/aromatic N) is 1. The highest BCUT2D eigenvalue weighted by molar-refractivity contribution is 7.92. The number of nitrogens with one attached hydrogen (secondary N) is 1. The lowest BCUT2D eigenvalue weighted by Gasteiger charge is -2.28. The maximum atomic E-state index is 12.8. The molecule has 2 aromatic carbocycles. The minimum Gasteiger partial charge on any atom is -0.465 e. The number of methoxy groups -OCH3 is 1. The SMILES string of the molecule is COC(=O)c1cccc(NC(=O)[C@H](C)N(c2cc(C)cc(C)c2)S(C)(=O)=O)c1. The van der Waals surface area contributed by atoms with Crippen LogP contribution in [0.25, 0.3) is 0 Å². The number of aryl methyl sites for hydroxylation is 2. The zero-order chi connectivity index (χ0) is 21.1. The van der Waals surface area contributed by atoms with Gasteiger partial charge >= 0.3 is 5.97 Å². The zero-order valence-corrected chi connectivity index (χ0v) is 17.3. The van der Waals surface area contributed by atoms with Crippen molar-refractivity contribution in [2.45, 2.75) is 26.8 Å². The molecule has 2 rings (SSSR count). The average molecular weight is 404 g/mol. The number of benzene rings is 2. The fourth-order valence-corrected chi connectivity index (χ4v) is 4.13. The van der Waals surface area contributed by atoms with Crippen LogP contribution in [-0.4, -0.2) is 39.7 Å². The Labute approximate surface area is 165 Å². The normalized spacial score (nSPS) is 12.2. The molecule has 0 saturated heterocycles. The van der Waals surface area contributed by atoms with Gasteiger partial charge in [0.2, 0.25) is 15.9 Å². The fraction of sp³-hybridized carbons (Fsp3) is 0.300. The van der Waals surface area contributed by atoms with Gasteiger partial charge in [0.05, 0.1) is 24.6 Å². The van der Waals surface area contributed by atoms with E-state index in [-0.39, 0.29) is 5.56 Å². The Kier molecular flexibility index (Phi) is 6.45. The van der Waals surface area contributed by atoms with E-state index in [1.165, 1.54) is 20.1 Å². The van der Waals surface area contributed by atoms with Crippen LogP contribution in [0.15, 0.2) is 42.5 Å². The van der Waals surface area contributed by atoms with Crippen LogP contribution in [-0.2, 0) is 19.6 Å². The van der Waals surface area contributed by atoms with Gasteiger partial charge in [0.15, 0.2) is 0 Å². The van der Waals surface area contributed by atoms with Crippen molar-refractivity contribution in [2.75, 3.05) is 23.0 Å². The van der Waals surface area contributed by atoms with Crippen LogP contribution in [0.5, 0.6) is 0 Å². The van der Waals surface area contributed by atoms with Crippen molar-refractivity contribution >= 4 is 33.3 Å². The molecule has 0 radical (unpaired) electrons. The van der Waals surface area contributed by atoms with Gasteiger partial charge in [-0.3, -0.25) is 9.10 Å². The number of carbonyl (C=O) groups is 2. The van der Waals surface area contributed by atoms with Crippen molar-refractivity contribution in [3.63, 3.8) is 0 Å². The third kappa shape index (κ3) is 5.10. The Hall–Kier alpha value is -2.87. The standard InChI is InChI=1S/C20H24N2O5S/c1-13-9-14(2)11-18(10-13)22(28(5,25)26)15(3)19(23)21-17-8-6-7-16(12-17)20(24)27-4/h6-12,15H,1-5H3,(H,21,23)/t15-/m0/s1. The summed E-state index contributed by atoms with van der Waals surface area (Å²) in [5.41, 5.74) is 2.85. The molecule has 28 heavy (non-hydrogen) atoms. The largest absolute Gasteiger partial charge is 0.465 e. The number of hydrogen-bond acceptors (Lipinski definition) is 5. The van der Waals surface area contributed by atoms with Crippen molar-refractivity contribution in [3.8, 4) is 0 Å². The predicted octanol–water partition coefficient (Wildman–Crippen LogP) is 2.88. The molecule has 0 aliphatic rings. The lowest BCUT2D eigenvalue weighted by molar-refractivity contribution is -0.116. The molecule has 0 aromatic heterocycles. The lowest BCUT2D eigenvalue weighted by Crippen LogP contribution is -2.45. The number of carbonyl (C=O) groups excluding carboxylic acids is 2. The van der Waals surface area contributed by atoms with Gasteiger partial charge in [-0.1, -0.05) is 12.1 Å². The summed E-state index contributed by atoms with van der Waals surface area (Å²) in [4.78, 5) is 24.4. The molecule has 0 aliphatic carbocycles. The molecule has 0 aliphatic heterocycles. The highest BCUT2D eigenvalue weighted by Gasteiger charge is 2.29. The Bertz CT molecular complexity index is 981. The Morgan fingerprint density at radius 2 is 1.68 bits per heavy atom. The van der Waals surface area contributed by atoms with Crippen LogP contribution in [0.3, 0.4) is 0 Å². The van der Waals surface area contributed by atoms with Crippen LogP contribution < -0.4 is 9.62 Å². The van der Waals surface area contributed by atoms with E-state index >= 15 is 0 Å². The molecule has 0 unspecified atom stereocenters. The molecule has 0 saturated carbocycles. The topological polar surface area (TPSA) is 92.8 Å². The Morgan fingerprint density at radius 3 is 2.21 bits per heavy atom. The van der Waals surface area contributed by atoms with E-state index in [1.807, 2.05) is 19.9 Å². The van der Waals surface area contributed by atoms with E-state index in [4.69, 9.17) is 0 Å². The van der Waals surface area contributed by atoms with Crippen molar-refractivity contribution < 1.29 is 22.7 Å². The van der Waals surface area contributed by atoms with Crippen molar-refractivity contribution in [2.24, 2.45) is 0 Å². The smallest absolute Gasteiger partial charge is 0.337 e. The molecule has 0 fully saturated rings. The molecule has 7 nitrogen and oxygen atoms in total. The molecule has 1 atom stereocenters. The summed E-state index contributed by atoms with van der Waals surface area (Å²) >= 11 is 0. The molecule has 1 amide bonds. The molecular formula is C20H24N2O5S. The number of hydrogen-bond donors (Lipinski definition) is 1. The van der Waals surface area contributed by atoms with Gasteiger partial charge in [-0.25, -0.2) is 13.2 Å². The summed E-state index contributed by atoms with van der Waals surface area (Å²) in [7, 11) is -2.45. The second-order valence-electron chi connectivity index (χ2n) is 6.64. The van der Waals surface area contributed by atoms with Gasteiger partial charge in [-0.05, 0) is 62.2 Å². The van der Waals surface area contributed by atoms with Gasteiger partial charge in [0, 0.05) is 5.69 Å².